The minimum Gasteiger partial charge on any atom is -0.356 e. The molecule has 0 bridgehead atoms. The summed E-state index contributed by atoms with van der Waals surface area (Å²) in [6.07, 6.45) is 5.27. The van der Waals surface area contributed by atoms with Crippen LogP contribution in [0.15, 0.2) is 42.6 Å². The van der Waals surface area contributed by atoms with Gasteiger partial charge in [0.2, 0.25) is 0 Å². The zero-order valence-electron chi connectivity index (χ0n) is 15.0. The highest BCUT2D eigenvalue weighted by atomic mass is 16.2. The third-order valence-electron chi connectivity index (χ3n) is 5.54. The maximum atomic E-state index is 12.5. The van der Waals surface area contributed by atoms with Crippen molar-refractivity contribution in [3.05, 3.63) is 59.3 Å². The minimum atomic E-state index is -0.310. The molecule has 0 spiro atoms. The Morgan fingerprint density at radius 2 is 1.88 bits per heavy atom. The zero-order valence-corrected chi connectivity index (χ0v) is 15.0. The van der Waals surface area contributed by atoms with Gasteiger partial charge >= 0.3 is 0 Å². The molecule has 1 saturated heterocycles. The summed E-state index contributed by atoms with van der Waals surface area (Å²) in [4.78, 5) is 19.3. The van der Waals surface area contributed by atoms with Crippen molar-refractivity contribution in [2.75, 3.05) is 18.0 Å². The van der Waals surface area contributed by atoms with Crippen molar-refractivity contribution in [1.82, 2.24) is 10.3 Å². The second-order valence-corrected chi connectivity index (χ2v) is 7.76. The van der Waals surface area contributed by atoms with Crippen LogP contribution in [-0.4, -0.2) is 24.0 Å². The van der Waals surface area contributed by atoms with Crippen molar-refractivity contribution in [3.63, 3.8) is 0 Å². The Kier molecular flexibility index (Phi) is 3.98. The molecule has 0 aliphatic carbocycles. The number of nitrogens with one attached hydrogen (secondary N) is 1. The average Bonchev–Trinajstić information content (AvgIpc) is 2.86. The highest BCUT2D eigenvalue weighted by Crippen LogP contribution is 2.36. The standard InChI is InChI=1S/C21H25N3O/c1-21(2)17-8-11-22-19(18(17)20(25)23-21)24-12-9-16(10-13-24)14-15-6-4-3-5-7-15/h3-8,11,16H,9-10,12-14H2,1-2H3,(H,23,25). The van der Waals surface area contributed by atoms with Gasteiger partial charge in [0.15, 0.2) is 0 Å². The molecule has 3 heterocycles. The minimum absolute atomic E-state index is 0.00880. The molecule has 1 fully saturated rings. The predicted octanol–water partition coefficient (Wildman–Crippen LogP) is 3.52. The molecular formula is C21H25N3O. The van der Waals surface area contributed by atoms with Crippen LogP contribution in [-0.2, 0) is 12.0 Å². The summed E-state index contributed by atoms with van der Waals surface area (Å²) in [5.41, 5.74) is 2.94. The topological polar surface area (TPSA) is 45.2 Å². The summed E-state index contributed by atoms with van der Waals surface area (Å²) in [5, 5.41) is 3.07. The fraction of sp³-hybridized carbons (Fsp3) is 0.429. The van der Waals surface area contributed by atoms with Gasteiger partial charge < -0.3 is 10.2 Å². The molecule has 1 N–H and O–H groups in total. The molecule has 1 aromatic heterocycles. The fourth-order valence-electron chi connectivity index (χ4n) is 4.15. The number of piperidine rings is 1. The molecule has 0 atom stereocenters. The Morgan fingerprint density at radius 1 is 1.16 bits per heavy atom. The number of aromatic nitrogens is 1. The molecule has 4 heteroatoms. The Balaban J connectivity index is 1.49. The smallest absolute Gasteiger partial charge is 0.256 e. The summed E-state index contributed by atoms with van der Waals surface area (Å²) in [7, 11) is 0. The number of hydrogen-bond donors (Lipinski definition) is 1. The van der Waals surface area contributed by atoms with Gasteiger partial charge in [-0.05, 0) is 56.2 Å². The summed E-state index contributed by atoms with van der Waals surface area (Å²) >= 11 is 0. The normalized spacial score (nSPS) is 19.6. The second-order valence-electron chi connectivity index (χ2n) is 7.76. The molecule has 130 valence electrons. The first kappa shape index (κ1) is 16.1. The van der Waals surface area contributed by atoms with E-state index in [9.17, 15) is 4.79 Å². The van der Waals surface area contributed by atoms with Gasteiger partial charge in [0.05, 0.1) is 11.1 Å². The van der Waals surface area contributed by atoms with Gasteiger partial charge in [0.25, 0.3) is 5.91 Å². The Bertz CT molecular complexity index is 777. The number of hydrogen-bond acceptors (Lipinski definition) is 3. The van der Waals surface area contributed by atoms with Crippen LogP contribution in [0.4, 0.5) is 5.82 Å². The van der Waals surface area contributed by atoms with Gasteiger partial charge in [0.1, 0.15) is 5.82 Å². The van der Waals surface area contributed by atoms with Crippen LogP contribution in [0.5, 0.6) is 0 Å². The molecule has 25 heavy (non-hydrogen) atoms. The van der Waals surface area contributed by atoms with Gasteiger partial charge in [0, 0.05) is 19.3 Å². The Labute approximate surface area is 149 Å². The van der Waals surface area contributed by atoms with E-state index < -0.39 is 0 Å². The van der Waals surface area contributed by atoms with Crippen LogP contribution >= 0.6 is 0 Å². The summed E-state index contributed by atoms with van der Waals surface area (Å²) in [6.45, 7) is 6.03. The van der Waals surface area contributed by atoms with E-state index in [1.165, 1.54) is 5.56 Å². The van der Waals surface area contributed by atoms with Gasteiger partial charge in [-0.15, -0.1) is 0 Å². The maximum Gasteiger partial charge on any atom is 0.256 e. The lowest BCUT2D eigenvalue weighted by atomic mass is 9.89. The number of benzene rings is 1. The molecular weight excluding hydrogens is 310 g/mol. The second kappa shape index (κ2) is 6.17. The number of fused-ring (bicyclic) bond motifs is 1. The number of rotatable bonds is 3. The van der Waals surface area contributed by atoms with Crippen molar-refractivity contribution >= 4 is 11.7 Å². The first-order chi connectivity index (χ1) is 12.0. The molecule has 0 radical (unpaired) electrons. The summed E-state index contributed by atoms with van der Waals surface area (Å²) in [5.74, 6) is 1.58. The number of amides is 1. The molecule has 2 aliphatic heterocycles. The zero-order chi connectivity index (χ0) is 17.4. The number of anilines is 1. The van der Waals surface area contributed by atoms with Gasteiger partial charge in [-0.2, -0.15) is 0 Å². The van der Waals surface area contributed by atoms with Crippen molar-refractivity contribution in [3.8, 4) is 0 Å². The molecule has 2 aromatic rings. The monoisotopic (exact) mass is 335 g/mol. The lowest BCUT2D eigenvalue weighted by molar-refractivity contribution is 0.0940. The SMILES string of the molecule is CC1(C)NC(=O)c2c1ccnc2N1CCC(Cc2ccccc2)CC1. The lowest BCUT2D eigenvalue weighted by Gasteiger charge is -2.33. The first-order valence-electron chi connectivity index (χ1n) is 9.15. The van der Waals surface area contributed by atoms with Crippen LogP contribution < -0.4 is 10.2 Å². The van der Waals surface area contributed by atoms with Crippen LogP contribution in [0.25, 0.3) is 0 Å². The highest BCUT2D eigenvalue weighted by Gasteiger charge is 2.38. The van der Waals surface area contributed by atoms with Crippen molar-refractivity contribution in [2.45, 2.75) is 38.6 Å². The summed E-state index contributed by atoms with van der Waals surface area (Å²) < 4.78 is 0. The van der Waals surface area contributed by atoms with E-state index in [0.29, 0.717) is 5.92 Å². The summed E-state index contributed by atoms with van der Waals surface area (Å²) in [6, 6.07) is 12.7. The van der Waals surface area contributed by atoms with Crippen LogP contribution in [0.2, 0.25) is 0 Å². The third kappa shape index (κ3) is 3.01. The van der Waals surface area contributed by atoms with Gasteiger partial charge in [-0.3, -0.25) is 4.79 Å². The van der Waals surface area contributed by atoms with Crippen molar-refractivity contribution in [2.24, 2.45) is 5.92 Å². The van der Waals surface area contributed by atoms with Crippen molar-refractivity contribution < 1.29 is 4.79 Å². The Hall–Kier alpha value is -2.36. The van der Waals surface area contributed by atoms with Crippen molar-refractivity contribution in [1.29, 1.82) is 0 Å². The maximum absolute atomic E-state index is 12.5. The van der Waals surface area contributed by atoms with E-state index in [-0.39, 0.29) is 11.4 Å². The largest absolute Gasteiger partial charge is 0.356 e. The molecule has 1 aromatic carbocycles. The lowest BCUT2D eigenvalue weighted by Crippen LogP contribution is -2.36. The molecule has 4 nitrogen and oxygen atoms in total. The predicted molar refractivity (Wildman–Crippen MR) is 99.8 cm³/mol. The molecule has 4 rings (SSSR count). The third-order valence-corrected chi connectivity index (χ3v) is 5.54. The van der Waals surface area contributed by atoms with E-state index in [0.717, 1.165) is 49.3 Å². The number of pyridine rings is 1. The molecule has 1 amide bonds. The van der Waals surface area contributed by atoms with Crippen LogP contribution in [0, 0.1) is 5.92 Å². The van der Waals surface area contributed by atoms with E-state index in [1.807, 2.05) is 26.1 Å². The number of nitrogens with zero attached hydrogens (tertiary/aromatic N) is 2. The Morgan fingerprint density at radius 3 is 2.60 bits per heavy atom. The number of carbonyl (C=O) groups excluding carboxylic acids is 1. The van der Waals surface area contributed by atoms with Crippen LogP contribution in [0.3, 0.4) is 0 Å². The quantitative estimate of drug-likeness (QED) is 0.933. The highest BCUT2D eigenvalue weighted by molar-refractivity contribution is 6.04. The molecule has 2 aliphatic rings. The molecule has 0 saturated carbocycles. The van der Waals surface area contributed by atoms with E-state index in [1.54, 1.807) is 0 Å². The first-order valence-corrected chi connectivity index (χ1v) is 9.15. The average molecular weight is 335 g/mol. The number of carbonyl (C=O) groups is 1. The van der Waals surface area contributed by atoms with E-state index in [2.05, 4.69) is 45.5 Å². The van der Waals surface area contributed by atoms with E-state index >= 15 is 0 Å². The van der Waals surface area contributed by atoms with Gasteiger partial charge in [-0.25, -0.2) is 4.98 Å². The van der Waals surface area contributed by atoms with E-state index in [4.69, 9.17) is 0 Å². The van der Waals surface area contributed by atoms with Crippen LogP contribution in [0.1, 0.15) is 48.2 Å². The van der Waals surface area contributed by atoms with Gasteiger partial charge in [-0.1, -0.05) is 30.3 Å². The molecule has 0 unspecified atom stereocenters. The fourth-order valence-corrected chi connectivity index (χ4v) is 4.15.